The quantitative estimate of drug-likeness (QED) is 0.591. The van der Waals surface area contributed by atoms with E-state index in [1.54, 1.807) is 0 Å². The predicted molar refractivity (Wildman–Crippen MR) is 64.4 cm³/mol. The normalized spacial score (nSPS) is 35.6. The first-order valence-electron chi connectivity index (χ1n) is 6.61. The molecule has 0 aromatic heterocycles. The third-order valence-electron chi connectivity index (χ3n) is 4.41. The van der Waals surface area contributed by atoms with Crippen LogP contribution in [-0.2, 0) is 0 Å². The third kappa shape index (κ3) is 3.00. The number of rotatable bonds is 4. The van der Waals surface area contributed by atoms with Gasteiger partial charge in [-0.15, -0.1) is 0 Å². The van der Waals surface area contributed by atoms with Gasteiger partial charge >= 0.3 is 0 Å². The van der Waals surface area contributed by atoms with Crippen LogP contribution < -0.4 is 0 Å². The second-order valence-electron chi connectivity index (χ2n) is 5.80. The molecule has 84 valence electrons. The Morgan fingerprint density at radius 3 is 2.64 bits per heavy atom. The van der Waals surface area contributed by atoms with Crippen molar-refractivity contribution in [1.29, 1.82) is 0 Å². The Hall–Kier alpha value is 0. The summed E-state index contributed by atoms with van der Waals surface area (Å²) in [5.41, 5.74) is 0.682. The van der Waals surface area contributed by atoms with Crippen molar-refractivity contribution in [3.05, 3.63) is 0 Å². The molecular formula is C14H28. The fraction of sp³-hybridized carbons (Fsp3) is 1.00. The Morgan fingerprint density at radius 1 is 1.36 bits per heavy atom. The summed E-state index contributed by atoms with van der Waals surface area (Å²) in [7, 11) is 0. The first kappa shape index (κ1) is 12.1. The Kier molecular flexibility index (Phi) is 4.47. The number of hydrogen-bond acceptors (Lipinski definition) is 0. The summed E-state index contributed by atoms with van der Waals surface area (Å²) in [4.78, 5) is 0. The van der Waals surface area contributed by atoms with E-state index in [2.05, 4.69) is 27.7 Å². The van der Waals surface area contributed by atoms with Gasteiger partial charge in [-0.2, -0.15) is 0 Å². The second-order valence-corrected chi connectivity index (χ2v) is 5.80. The van der Waals surface area contributed by atoms with E-state index >= 15 is 0 Å². The van der Waals surface area contributed by atoms with Crippen LogP contribution in [0.1, 0.15) is 72.6 Å². The van der Waals surface area contributed by atoms with Crippen LogP contribution >= 0.6 is 0 Å². The summed E-state index contributed by atoms with van der Waals surface area (Å²) in [6.07, 6.45) is 10.1. The van der Waals surface area contributed by atoms with Crippen LogP contribution in [0.2, 0.25) is 0 Å². The Balaban J connectivity index is 2.50. The lowest BCUT2D eigenvalue weighted by atomic mass is 9.65. The van der Waals surface area contributed by atoms with Crippen LogP contribution in [0.3, 0.4) is 0 Å². The van der Waals surface area contributed by atoms with Gasteiger partial charge in [0.15, 0.2) is 0 Å². The zero-order valence-corrected chi connectivity index (χ0v) is 10.6. The topological polar surface area (TPSA) is 0 Å². The molecule has 0 bridgehead atoms. The molecule has 0 heterocycles. The van der Waals surface area contributed by atoms with Gasteiger partial charge in [-0.25, -0.2) is 0 Å². The first-order chi connectivity index (χ1) is 6.61. The van der Waals surface area contributed by atoms with E-state index in [9.17, 15) is 0 Å². The van der Waals surface area contributed by atoms with E-state index in [4.69, 9.17) is 0 Å². The highest BCUT2D eigenvalue weighted by Crippen LogP contribution is 2.45. The van der Waals surface area contributed by atoms with Gasteiger partial charge in [-0.1, -0.05) is 53.4 Å². The van der Waals surface area contributed by atoms with E-state index in [-0.39, 0.29) is 0 Å². The van der Waals surface area contributed by atoms with Gasteiger partial charge < -0.3 is 0 Å². The molecule has 0 saturated heterocycles. The minimum atomic E-state index is 0.682. The van der Waals surface area contributed by atoms with Crippen molar-refractivity contribution in [2.75, 3.05) is 0 Å². The highest BCUT2D eigenvalue weighted by molar-refractivity contribution is 4.84. The summed E-state index contributed by atoms with van der Waals surface area (Å²) in [6, 6.07) is 0. The molecule has 14 heavy (non-hydrogen) atoms. The molecule has 0 N–H and O–H groups in total. The fourth-order valence-corrected chi connectivity index (χ4v) is 3.28. The molecule has 3 atom stereocenters. The molecule has 0 heteroatoms. The van der Waals surface area contributed by atoms with Crippen LogP contribution in [-0.4, -0.2) is 0 Å². The van der Waals surface area contributed by atoms with E-state index in [1.807, 2.05) is 0 Å². The standard InChI is InChI=1S/C14H28/c1-5-9-14(4)10-7-8-13(11-14)12(3)6-2/h12-13H,5-11H2,1-4H3. The summed E-state index contributed by atoms with van der Waals surface area (Å²) in [5.74, 6) is 1.97. The van der Waals surface area contributed by atoms with Crippen LogP contribution in [0.15, 0.2) is 0 Å². The van der Waals surface area contributed by atoms with E-state index in [0.29, 0.717) is 5.41 Å². The first-order valence-corrected chi connectivity index (χ1v) is 6.61. The second kappa shape index (κ2) is 5.19. The Labute approximate surface area is 90.5 Å². The lowest BCUT2D eigenvalue weighted by Gasteiger charge is -2.40. The van der Waals surface area contributed by atoms with Gasteiger partial charge in [0.2, 0.25) is 0 Å². The van der Waals surface area contributed by atoms with Gasteiger partial charge in [0.05, 0.1) is 0 Å². The minimum absolute atomic E-state index is 0.682. The maximum absolute atomic E-state index is 2.52. The molecule has 1 fully saturated rings. The van der Waals surface area contributed by atoms with Crippen molar-refractivity contribution in [3.8, 4) is 0 Å². The summed E-state index contributed by atoms with van der Waals surface area (Å²) < 4.78 is 0. The molecule has 0 spiro atoms. The van der Waals surface area contributed by atoms with Crippen LogP contribution in [0.5, 0.6) is 0 Å². The zero-order chi connectivity index (χ0) is 10.6. The Bertz CT molecular complexity index is 157. The molecule has 1 aliphatic carbocycles. The van der Waals surface area contributed by atoms with Gasteiger partial charge in [-0.05, 0) is 36.5 Å². The fourth-order valence-electron chi connectivity index (χ4n) is 3.28. The SMILES string of the molecule is CCCC1(C)CCCC(C(C)CC)C1. The molecule has 0 aromatic rings. The molecule has 3 unspecified atom stereocenters. The highest BCUT2D eigenvalue weighted by Gasteiger charge is 2.32. The number of hydrogen-bond donors (Lipinski definition) is 0. The van der Waals surface area contributed by atoms with Gasteiger partial charge in [-0.3, -0.25) is 0 Å². The van der Waals surface area contributed by atoms with Crippen molar-refractivity contribution in [2.45, 2.75) is 72.6 Å². The molecule has 0 radical (unpaired) electrons. The largest absolute Gasteiger partial charge is 0.0654 e. The summed E-state index contributed by atoms with van der Waals surface area (Å²) in [5, 5.41) is 0. The lowest BCUT2D eigenvalue weighted by Crippen LogP contribution is -2.28. The summed E-state index contributed by atoms with van der Waals surface area (Å²) in [6.45, 7) is 9.64. The smallest absolute Gasteiger partial charge is 0.0323 e. The van der Waals surface area contributed by atoms with Crippen LogP contribution in [0.25, 0.3) is 0 Å². The minimum Gasteiger partial charge on any atom is -0.0654 e. The highest BCUT2D eigenvalue weighted by atomic mass is 14.4. The van der Waals surface area contributed by atoms with Crippen molar-refractivity contribution in [2.24, 2.45) is 17.3 Å². The maximum Gasteiger partial charge on any atom is -0.0323 e. The monoisotopic (exact) mass is 196 g/mol. The van der Waals surface area contributed by atoms with E-state index in [1.165, 1.54) is 44.9 Å². The molecule has 0 nitrogen and oxygen atoms in total. The molecule has 0 amide bonds. The average molecular weight is 196 g/mol. The molecular weight excluding hydrogens is 168 g/mol. The molecule has 0 aromatic carbocycles. The molecule has 0 aliphatic heterocycles. The van der Waals surface area contributed by atoms with Crippen molar-refractivity contribution in [3.63, 3.8) is 0 Å². The summed E-state index contributed by atoms with van der Waals surface area (Å²) >= 11 is 0. The van der Waals surface area contributed by atoms with E-state index in [0.717, 1.165) is 11.8 Å². The van der Waals surface area contributed by atoms with Crippen molar-refractivity contribution in [1.82, 2.24) is 0 Å². The third-order valence-corrected chi connectivity index (χ3v) is 4.41. The zero-order valence-electron chi connectivity index (χ0n) is 10.6. The van der Waals surface area contributed by atoms with Gasteiger partial charge in [0.25, 0.3) is 0 Å². The van der Waals surface area contributed by atoms with Gasteiger partial charge in [0.1, 0.15) is 0 Å². The van der Waals surface area contributed by atoms with E-state index < -0.39 is 0 Å². The molecule has 1 rings (SSSR count). The average Bonchev–Trinajstić information content (AvgIpc) is 2.16. The lowest BCUT2D eigenvalue weighted by molar-refractivity contribution is 0.112. The Morgan fingerprint density at radius 2 is 2.07 bits per heavy atom. The molecule has 1 saturated carbocycles. The van der Waals surface area contributed by atoms with Crippen molar-refractivity contribution >= 4 is 0 Å². The maximum atomic E-state index is 2.52. The van der Waals surface area contributed by atoms with Crippen LogP contribution in [0.4, 0.5) is 0 Å². The molecule has 1 aliphatic rings. The van der Waals surface area contributed by atoms with Gasteiger partial charge in [0, 0.05) is 0 Å². The van der Waals surface area contributed by atoms with Crippen molar-refractivity contribution < 1.29 is 0 Å². The predicted octanol–water partition coefficient (Wildman–Crippen LogP) is 5.03. The van der Waals surface area contributed by atoms with Crippen LogP contribution in [0, 0.1) is 17.3 Å².